The van der Waals surface area contributed by atoms with Crippen LogP contribution in [0, 0.1) is 0 Å². The summed E-state index contributed by atoms with van der Waals surface area (Å²) >= 11 is 0. The molecule has 210 valence electrons. The van der Waals surface area contributed by atoms with Crippen LogP contribution in [-0.4, -0.2) is 24.1 Å². The number of hydrogen-bond donors (Lipinski definition) is 1. The van der Waals surface area contributed by atoms with Gasteiger partial charge in [0.25, 0.3) is 0 Å². The standard InChI is InChI=1S/C38H28N6/c1-2-9-25(21-39)27-18-28(26-10-7-16-40-22-26)20-30(19-27)43-33-14-5-3-12-31(33)36-35(43)24-42-37-32-13-4-6-15-34(32)44(38(36)37)29-11-8-17-41-23-29/h2-24H,39H2,1H3/b9-2-,25-21+. The summed E-state index contributed by atoms with van der Waals surface area (Å²) in [6.45, 7) is 2.00. The van der Waals surface area contributed by atoms with Crippen molar-refractivity contribution in [3.63, 3.8) is 0 Å². The molecule has 6 nitrogen and oxygen atoms in total. The molecule has 5 heterocycles. The van der Waals surface area contributed by atoms with Gasteiger partial charge >= 0.3 is 0 Å². The predicted molar refractivity (Wildman–Crippen MR) is 181 cm³/mol. The summed E-state index contributed by atoms with van der Waals surface area (Å²) in [6, 6.07) is 31.7. The molecule has 0 aliphatic rings. The highest BCUT2D eigenvalue weighted by Gasteiger charge is 2.22. The van der Waals surface area contributed by atoms with Gasteiger partial charge in [-0.2, -0.15) is 0 Å². The fourth-order valence-electron chi connectivity index (χ4n) is 6.41. The largest absolute Gasteiger partial charge is 0.404 e. The van der Waals surface area contributed by atoms with Crippen LogP contribution in [0.4, 0.5) is 0 Å². The van der Waals surface area contributed by atoms with Crippen molar-refractivity contribution < 1.29 is 0 Å². The Morgan fingerprint density at radius 1 is 0.682 bits per heavy atom. The van der Waals surface area contributed by atoms with Gasteiger partial charge in [-0.15, -0.1) is 0 Å². The Hall–Kier alpha value is -6.01. The number of aromatic nitrogens is 5. The Morgan fingerprint density at radius 2 is 1.43 bits per heavy atom. The van der Waals surface area contributed by atoms with E-state index in [0.29, 0.717) is 0 Å². The quantitative estimate of drug-likeness (QED) is 0.211. The van der Waals surface area contributed by atoms with E-state index in [-0.39, 0.29) is 0 Å². The van der Waals surface area contributed by atoms with Crippen LogP contribution in [0.3, 0.4) is 0 Å². The van der Waals surface area contributed by atoms with Crippen molar-refractivity contribution in [1.82, 2.24) is 24.1 Å². The molecule has 8 aromatic rings. The lowest BCUT2D eigenvalue weighted by Crippen LogP contribution is -1.98. The second kappa shape index (κ2) is 10.4. The van der Waals surface area contributed by atoms with E-state index < -0.39 is 0 Å². The van der Waals surface area contributed by atoms with Crippen molar-refractivity contribution in [2.75, 3.05) is 0 Å². The van der Waals surface area contributed by atoms with E-state index in [2.05, 4.69) is 98.0 Å². The molecule has 0 bridgehead atoms. The third-order valence-electron chi connectivity index (χ3n) is 8.25. The number of nitrogens with two attached hydrogens (primary N) is 1. The Kier molecular flexibility index (Phi) is 6.05. The number of benzene rings is 3. The molecule has 0 radical (unpaired) electrons. The zero-order chi connectivity index (χ0) is 29.6. The van der Waals surface area contributed by atoms with Crippen molar-refractivity contribution >= 4 is 49.3 Å². The first kappa shape index (κ1) is 25.7. The Morgan fingerprint density at radius 3 is 2.16 bits per heavy atom. The van der Waals surface area contributed by atoms with E-state index in [4.69, 9.17) is 10.7 Å². The van der Waals surface area contributed by atoms with Crippen molar-refractivity contribution in [2.24, 2.45) is 5.73 Å². The molecule has 0 unspecified atom stereocenters. The highest BCUT2D eigenvalue weighted by atomic mass is 15.0. The van der Waals surface area contributed by atoms with E-state index in [0.717, 1.165) is 77.4 Å². The summed E-state index contributed by atoms with van der Waals surface area (Å²) in [5.74, 6) is 0. The first-order valence-corrected chi connectivity index (χ1v) is 14.6. The second-order valence-corrected chi connectivity index (χ2v) is 10.8. The summed E-state index contributed by atoms with van der Waals surface area (Å²) in [5, 5.41) is 3.40. The fraction of sp³-hybridized carbons (Fsp3) is 0.0263. The monoisotopic (exact) mass is 568 g/mol. The molecule has 0 atom stereocenters. The number of nitrogens with zero attached hydrogens (tertiary/aromatic N) is 5. The number of para-hydroxylation sites is 2. The molecule has 2 N–H and O–H groups in total. The minimum absolute atomic E-state index is 0.942. The number of pyridine rings is 3. The summed E-state index contributed by atoms with van der Waals surface area (Å²) < 4.78 is 4.61. The Labute approximate surface area is 254 Å². The number of fused-ring (bicyclic) bond motifs is 7. The molecule has 5 aromatic heterocycles. The van der Waals surface area contributed by atoms with Gasteiger partial charge in [-0.05, 0) is 72.2 Å². The van der Waals surface area contributed by atoms with Crippen LogP contribution in [0.1, 0.15) is 12.5 Å². The van der Waals surface area contributed by atoms with Crippen LogP contribution in [0.2, 0.25) is 0 Å². The van der Waals surface area contributed by atoms with E-state index in [1.54, 1.807) is 12.4 Å². The van der Waals surface area contributed by atoms with Crippen LogP contribution >= 0.6 is 0 Å². The van der Waals surface area contributed by atoms with E-state index >= 15 is 0 Å². The average molecular weight is 569 g/mol. The first-order chi connectivity index (χ1) is 21.8. The number of allylic oxidation sites excluding steroid dienone is 3. The van der Waals surface area contributed by atoms with Gasteiger partial charge in [-0.25, -0.2) is 0 Å². The third kappa shape index (κ3) is 3.92. The highest BCUT2D eigenvalue weighted by Crippen LogP contribution is 2.41. The summed E-state index contributed by atoms with van der Waals surface area (Å²) in [5.41, 5.74) is 17.4. The molecule has 0 amide bonds. The molecule has 3 aromatic carbocycles. The third-order valence-corrected chi connectivity index (χ3v) is 8.25. The fourth-order valence-corrected chi connectivity index (χ4v) is 6.41. The maximum Gasteiger partial charge on any atom is 0.0971 e. The molecule has 8 rings (SSSR count). The minimum Gasteiger partial charge on any atom is -0.404 e. The first-order valence-electron chi connectivity index (χ1n) is 14.6. The van der Waals surface area contributed by atoms with Crippen molar-refractivity contribution in [1.29, 1.82) is 0 Å². The molecule has 0 saturated heterocycles. The lowest BCUT2D eigenvalue weighted by Gasteiger charge is -2.14. The average Bonchev–Trinajstić information content (AvgIpc) is 3.61. The van der Waals surface area contributed by atoms with Crippen molar-refractivity contribution in [3.05, 3.63) is 146 Å². The van der Waals surface area contributed by atoms with Gasteiger partial charge in [-0.3, -0.25) is 15.0 Å². The summed E-state index contributed by atoms with van der Waals surface area (Å²) in [6.07, 6.45) is 15.1. The van der Waals surface area contributed by atoms with E-state index in [9.17, 15) is 0 Å². The maximum absolute atomic E-state index is 6.15. The highest BCUT2D eigenvalue weighted by molar-refractivity contribution is 6.24. The summed E-state index contributed by atoms with van der Waals surface area (Å²) in [4.78, 5) is 14.0. The van der Waals surface area contributed by atoms with Crippen molar-refractivity contribution in [3.8, 4) is 22.5 Å². The van der Waals surface area contributed by atoms with Gasteiger partial charge < -0.3 is 14.9 Å². The van der Waals surface area contributed by atoms with Gasteiger partial charge in [0.05, 0.1) is 45.7 Å². The zero-order valence-electron chi connectivity index (χ0n) is 24.1. The SMILES string of the molecule is C/C=C\C(=C/N)c1cc(-c2cccnc2)cc(-n2c3ccccc3c3c2cnc2c4ccccc4n(-c4cccnc4)c23)c1. The molecular formula is C38H28N6. The molecule has 6 heteroatoms. The van der Waals surface area contributed by atoms with E-state index in [1.165, 1.54) is 0 Å². The minimum atomic E-state index is 0.942. The number of rotatable bonds is 5. The lowest BCUT2D eigenvalue weighted by molar-refractivity contribution is 1.14. The van der Waals surface area contributed by atoms with Crippen LogP contribution in [0.25, 0.3) is 71.8 Å². The van der Waals surface area contributed by atoms with Gasteiger partial charge in [0.2, 0.25) is 0 Å². The smallest absolute Gasteiger partial charge is 0.0971 e. The topological polar surface area (TPSA) is 74.5 Å². The van der Waals surface area contributed by atoms with Crippen LogP contribution < -0.4 is 5.73 Å². The Balaban J connectivity index is 1.53. The van der Waals surface area contributed by atoms with Crippen LogP contribution in [-0.2, 0) is 0 Å². The maximum atomic E-state index is 6.15. The molecule has 0 fully saturated rings. The molecule has 44 heavy (non-hydrogen) atoms. The second-order valence-electron chi connectivity index (χ2n) is 10.8. The normalized spacial score (nSPS) is 12.3. The van der Waals surface area contributed by atoms with Crippen LogP contribution in [0.15, 0.2) is 140 Å². The van der Waals surface area contributed by atoms with Crippen molar-refractivity contribution in [2.45, 2.75) is 6.92 Å². The zero-order valence-corrected chi connectivity index (χ0v) is 24.1. The van der Waals surface area contributed by atoms with Gasteiger partial charge in [-0.1, -0.05) is 54.6 Å². The summed E-state index contributed by atoms with van der Waals surface area (Å²) in [7, 11) is 0. The van der Waals surface area contributed by atoms with Gasteiger partial charge in [0.15, 0.2) is 0 Å². The molecule has 0 aliphatic heterocycles. The van der Waals surface area contributed by atoms with Crippen LogP contribution in [0.5, 0.6) is 0 Å². The van der Waals surface area contributed by atoms with Gasteiger partial charge in [0.1, 0.15) is 0 Å². The number of hydrogen-bond acceptors (Lipinski definition) is 4. The molecule has 0 saturated carbocycles. The van der Waals surface area contributed by atoms with Gasteiger partial charge in [0, 0.05) is 52.2 Å². The molecule has 0 aliphatic carbocycles. The Bertz CT molecular complexity index is 2400. The van der Waals surface area contributed by atoms with E-state index in [1.807, 2.05) is 56.0 Å². The lowest BCUT2D eigenvalue weighted by atomic mass is 9.98. The molecule has 0 spiro atoms. The molecular weight excluding hydrogens is 540 g/mol. The predicted octanol–water partition coefficient (Wildman–Crippen LogP) is 8.61.